The van der Waals surface area contributed by atoms with Gasteiger partial charge in [-0.05, 0) is 105 Å². The summed E-state index contributed by atoms with van der Waals surface area (Å²) in [6, 6.07) is 16.4. The lowest BCUT2D eigenvalue weighted by Gasteiger charge is -2.42. The number of benzene rings is 2. The van der Waals surface area contributed by atoms with E-state index in [4.69, 9.17) is 8.95 Å². The van der Waals surface area contributed by atoms with E-state index in [1.54, 1.807) is 60.2 Å². The molecule has 4 aromatic rings. The van der Waals surface area contributed by atoms with Gasteiger partial charge in [0.25, 0.3) is 5.91 Å². The van der Waals surface area contributed by atoms with Gasteiger partial charge in [0.05, 0.1) is 16.9 Å². The number of carbonyl (C=O) groups excluding carboxylic acids is 4. The lowest BCUT2D eigenvalue weighted by Crippen LogP contribution is -2.58. The maximum absolute atomic E-state index is 16.8. The Kier molecular flexibility index (Phi) is 15.2. The second-order valence-corrected chi connectivity index (χ2v) is 29.1. The van der Waals surface area contributed by atoms with Crippen molar-refractivity contribution in [3.8, 4) is 0 Å². The molecule has 1 unspecified atom stereocenters. The molecule has 356 valence electrons. The van der Waals surface area contributed by atoms with Crippen LogP contribution in [-0.4, -0.2) is 96.1 Å². The molecule has 18 heteroatoms. The van der Waals surface area contributed by atoms with Crippen molar-refractivity contribution in [2.75, 3.05) is 32.1 Å². The van der Waals surface area contributed by atoms with Crippen LogP contribution >= 0.6 is 30.6 Å². The first-order chi connectivity index (χ1) is 31.1. The van der Waals surface area contributed by atoms with E-state index in [1.807, 2.05) is 18.3 Å². The van der Waals surface area contributed by atoms with Gasteiger partial charge in [0.15, 0.2) is 13.4 Å². The third kappa shape index (κ3) is 10.9. The number of aromatic nitrogens is 1. The molecule has 3 fully saturated rings. The minimum absolute atomic E-state index is 0.0118. The van der Waals surface area contributed by atoms with Crippen LogP contribution in [0.15, 0.2) is 79.1 Å². The highest BCUT2D eigenvalue weighted by atomic mass is 32.2. The van der Waals surface area contributed by atoms with E-state index in [-0.39, 0.29) is 57.7 Å². The molecular formula is C48H62F2N5O7PS2Si. The fourth-order valence-electron chi connectivity index (χ4n) is 8.33. The molecule has 0 saturated carbocycles. The van der Waals surface area contributed by atoms with Gasteiger partial charge in [-0.2, -0.15) is 8.78 Å². The molecule has 2 aromatic carbocycles. The minimum Gasteiger partial charge on any atom is -0.416 e. The number of rotatable bonds is 17. The molecular weight excluding hydrogens is 920 g/mol. The van der Waals surface area contributed by atoms with Gasteiger partial charge in [-0.15, -0.1) is 11.3 Å². The molecule has 66 heavy (non-hydrogen) atoms. The summed E-state index contributed by atoms with van der Waals surface area (Å²) < 4.78 is 60.4. The molecule has 3 amide bonds. The summed E-state index contributed by atoms with van der Waals surface area (Å²) in [6.45, 7) is 14.9. The maximum Gasteiger partial charge on any atom is 0.360 e. The van der Waals surface area contributed by atoms with Crippen LogP contribution in [0.4, 0.5) is 8.78 Å². The Balaban J connectivity index is 1.01. The fourth-order valence-corrected chi connectivity index (χ4v) is 13.0. The normalized spacial score (nSPS) is 20.7. The Morgan fingerprint density at radius 1 is 0.970 bits per heavy atom. The molecule has 4 atom stereocenters. The zero-order valence-corrected chi connectivity index (χ0v) is 42.3. The van der Waals surface area contributed by atoms with Crippen molar-refractivity contribution in [3.63, 3.8) is 0 Å². The van der Waals surface area contributed by atoms with E-state index >= 15 is 8.78 Å². The second kappa shape index (κ2) is 20.0. The number of thioether (sulfide) groups is 1. The summed E-state index contributed by atoms with van der Waals surface area (Å²) in [5, 5.41) is 5.55. The Hall–Kier alpha value is -3.83. The number of likely N-dealkylation sites (tertiary alicyclic amines) is 1. The van der Waals surface area contributed by atoms with E-state index in [0.717, 1.165) is 41.5 Å². The monoisotopic (exact) mass is 981 g/mol. The predicted octanol–water partition coefficient (Wildman–Crippen LogP) is 9.92. The van der Waals surface area contributed by atoms with Gasteiger partial charge in [0.1, 0.15) is 12.1 Å². The number of pyridine rings is 1. The van der Waals surface area contributed by atoms with Crippen molar-refractivity contribution in [1.29, 1.82) is 0 Å². The highest BCUT2D eigenvalue weighted by Gasteiger charge is 2.54. The third-order valence-electron chi connectivity index (χ3n) is 13.6. The van der Waals surface area contributed by atoms with E-state index in [9.17, 15) is 23.7 Å². The first-order valence-corrected chi connectivity index (χ1v) is 29.0. The van der Waals surface area contributed by atoms with Gasteiger partial charge in [-0.3, -0.25) is 28.7 Å². The van der Waals surface area contributed by atoms with Gasteiger partial charge >= 0.3 is 13.2 Å². The average Bonchev–Trinajstić information content (AvgIpc) is 3.86. The Morgan fingerprint density at radius 3 is 2.41 bits per heavy atom. The number of fused-ring (bicyclic) bond motifs is 2. The summed E-state index contributed by atoms with van der Waals surface area (Å²) in [7, 11) is -7.14. The Labute approximate surface area is 396 Å². The van der Waals surface area contributed by atoms with Gasteiger partial charge in [-0.25, -0.2) is 5.09 Å². The maximum atomic E-state index is 16.8. The topological polar surface area (TPSA) is 147 Å². The average molecular weight is 982 g/mol. The first kappa shape index (κ1) is 50.1. The number of thiophene rings is 1. The van der Waals surface area contributed by atoms with Crippen molar-refractivity contribution in [2.45, 2.75) is 121 Å². The molecule has 3 saturated heterocycles. The zero-order valence-electron chi connectivity index (χ0n) is 38.8. The number of hydrogen-bond donors (Lipinski definition) is 2. The van der Waals surface area contributed by atoms with Crippen molar-refractivity contribution in [3.05, 3.63) is 101 Å². The van der Waals surface area contributed by atoms with Gasteiger partial charge in [-0.1, -0.05) is 75.0 Å². The molecule has 2 aromatic heterocycles. The number of alkyl halides is 2. The molecule has 0 aliphatic carbocycles. The molecule has 0 spiro atoms. The molecule has 12 nitrogen and oxygen atoms in total. The van der Waals surface area contributed by atoms with E-state index in [1.165, 1.54) is 24.3 Å². The SMILES string of the molecule is CC(C)(CO[Si](C)(C)C(C)(C)C)C(=O)SCCOP(=O)(NCc1ccccc1)C(F)(F)c1ccc2sc(C(=O)N[C@H]3CCC[C@H]4CC[C@@H](C(=O)N5CC(c6cccnc6)C5)N4C3=O)cc2c1. The van der Waals surface area contributed by atoms with Crippen LogP contribution in [0.2, 0.25) is 18.1 Å². The highest BCUT2D eigenvalue weighted by Crippen LogP contribution is 2.63. The van der Waals surface area contributed by atoms with Crippen molar-refractivity contribution >= 4 is 71.9 Å². The zero-order chi connectivity index (χ0) is 47.7. The lowest BCUT2D eigenvalue weighted by molar-refractivity contribution is -0.148. The summed E-state index contributed by atoms with van der Waals surface area (Å²) in [5.41, 5.74) is -3.74. The molecule has 3 aliphatic rings. The summed E-state index contributed by atoms with van der Waals surface area (Å²) in [4.78, 5) is 62.9. The smallest absolute Gasteiger partial charge is 0.360 e. The van der Waals surface area contributed by atoms with Crippen molar-refractivity contribution in [1.82, 2.24) is 25.2 Å². The van der Waals surface area contributed by atoms with Crippen LogP contribution in [0.5, 0.6) is 0 Å². The van der Waals surface area contributed by atoms with Gasteiger partial charge in [0.2, 0.25) is 11.8 Å². The lowest BCUT2D eigenvalue weighted by atomic mass is 9.92. The highest BCUT2D eigenvalue weighted by molar-refractivity contribution is 8.13. The van der Waals surface area contributed by atoms with Crippen LogP contribution in [-0.2, 0) is 40.1 Å². The molecule has 2 N–H and O–H groups in total. The standard InChI is InChI=1S/C48H62F2N5O7PS2Si/c1-46(2,3)66(6,7)62-31-47(4,5)45(59)64-24-23-61-63(60,52-27-32-13-9-8-10-14-32)48(49,50)36-18-21-40-34(25-36)26-41(65-40)42(56)53-38-17-11-16-37-19-20-39(55(37)43(38)57)44(58)54-29-35(30-54)33-15-12-22-51-28-33/h8-10,12-15,18,21-22,25-26,28,35,37-39H,11,16-17,19-20,23-24,27,29-31H2,1-7H3,(H,52,60)(H,53,56)/t37-,38-,39-,63?/m0/s1. The quantitative estimate of drug-likeness (QED) is 0.0596. The summed E-state index contributed by atoms with van der Waals surface area (Å²) in [5.74, 6) is -0.687. The first-order valence-electron chi connectivity index (χ1n) is 22.7. The van der Waals surface area contributed by atoms with E-state index in [2.05, 4.69) is 49.3 Å². The summed E-state index contributed by atoms with van der Waals surface area (Å²) >= 11 is 2.03. The number of carbonyl (C=O) groups is 4. The molecule has 0 radical (unpaired) electrons. The van der Waals surface area contributed by atoms with Crippen molar-refractivity contribution in [2.24, 2.45) is 5.41 Å². The minimum atomic E-state index is -5.01. The Morgan fingerprint density at radius 2 is 1.71 bits per heavy atom. The van der Waals surface area contributed by atoms with Gasteiger partial charge in [0, 0.05) is 66.6 Å². The number of halogens is 2. The largest absolute Gasteiger partial charge is 0.416 e. The number of amides is 3. The second-order valence-electron chi connectivity index (χ2n) is 19.9. The van der Waals surface area contributed by atoms with E-state index in [0.29, 0.717) is 48.0 Å². The number of hydrogen-bond acceptors (Lipinski definition) is 10. The Bertz CT molecular complexity index is 2450. The molecule has 7 rings (SSSR count). The molecule has 5 heterocycles. The molecule has 3 aliphatic heterocycles. The third-order valence-corrected chi connectivity index (χ3v) is 22.5. The van der Waals surface area contributed by atoms with Crippen LogP contribution in [0.3, 0.4) is 0 Å². The number of nitrogens with one attached hydrogen (secondary N) is 2. The summed E-state index contributed by atoms with van der Waals surface area (Å²) in [6.07, 6.45) is 6.65. The van der Waals surface area contributed by atoms with Crippen molar-refractivity contribution < 1.29 is 41.5 Å². The van der Waals surface area contributed by atoms with Gasteiger partial charge < -0.3 is 24.1 Å². The fraction of sp³-hybridized carbons (Fsp3) is 0.521. The molecule has 0 bridgehead atoms. The van der Waals surface area contributed by atoms with Crippen LogP contribution in [0.1, 0.15) is 99.0 Å². The van der Waals surface area contributed by atoms with Crippen LogP contribution in [0.25, 0.3) is 10.1 Å². The number of nitrogens with zero attached hydrogens (tertiary/aromatic N) is 3. The predicted molar refractivity (Wildman–Crippen MR) is 259 cm³/mol. The van der Waals surface area contributed by atoms with E-state index < -0.39 is 57.1 Å². The van der Waals surface area contributed by atoms with Crippen LogP contribution < -0.4 is 10.4 Å². The van der Waals surface area contributed by atoms with Crippen LogP contribution in [0, 0.1) is 5.41 Å².